The fourth-order valence-electron chi connectivity index (χ4n) is 2.05. The molecule has 3 aromatic rings. The lowest BCUT2D eigenvalue weighted by Crippen LogP contribution is -1.98. The lowest BCUT2D eigenvalue weighted by Gasteiger charge is -2.03. The zero-order valence-corrected chi connectivity index (χ0v) is 12.9. The number of halogens is 1. The monoisotopic (exact) mass is 314 g/mol. The summed E-state index contributed by atoms with van der Waals surface area (Å²) >= 11 is 1.54. The van der Waals surface area contributed by atoms with Gasteiger partial charge in [0, 0.05) is 17.5 Å². The van der Waals surface area contributed by atoms with Gasteiger partial charge in [-0.25, -0.2) is 9.37 Å². The summed E-state index contributed by atoms with van der Waals surface area (Å²) in [5.41, 5.74) is 2.94. The minimum Gasteiger partial charge on any atom is -0.497 e. The smallest absolute Gasteiger partial charge is 0.183 e. The minimum atomic E-state index is -0.224. The molecule has 3 nitrogen and oxygen atoms in total. The lowest BCUT2D eigenvalue weighted by atomic mass is 10.2. The van der Waals surface area contributed by atoms with Gasteiger partial charge >= 0.3 is 0 Å². The van der Waals surface area contributed by atoms with Gasteiger partial charge in [-0.2, -0.15) is 0 Å². The Kier molecular flexibility index (Phi) is 4.34. The number of hydrogen-bond donors (Lipinski definition) is 1. The highest BCUT2D eigenvalue weighted by atomic mass is 32.1. The first-order chi connectivity index (χ1) is 10.7. The van der Waals surface area contributed by atoms with E-state index in [0.29, 0.717) is 6.54 Å². The molecule has 5 heteroatoms. The molecule has 2 aromatic carbocycles. The van der Waals surface area contributed by atoms with Crippen LogP contribution in [0.1, 0.15) is 5.56 Å². The number of anilines is 1. The molecule has 0 spiro atoms. The van der Waals surface area contributed by atoms with Crippen molar-refractivity contribution in [2.45, 2.75) is 6.54 Å². The van der Waals surface area contributed by atoms with E-state index in [2.05, 4.69) is 10.3 Å². The van der Waals surface area contributed by atoms with Gasteiger partial charge in [-0.3, -0.25) is 0 Å². The second kappa shape index (κ2) is 6.58. The molecule has 0 unspecified atom stereocenters. The first kappa shape index (κ1) is 14.5. The molecule has 3 rings (SSSR count). The summed E-state index contributed by atoms with van der Waals surface area (Å²) in [6, 6.07) is 14.3. The van der Waals surface area contributed by atoms with Crippen molar-refractivity contribution >= 4 is 16.5 Å². The number of rotatable bonds is 5. The van der Waals surface area contributed by atoms with E-state index in [1.54, 1.807) is 30.6 Å². The zero-order valence-electron chi connectivity index (χ0n) is 12.0. The average molecular weight is 314 g/mol. The molecule has 22 heavy (non-hydrogen) atoms. The van der Waals surface area contributed by atoms with Crippen LogP contribution in [-0.4, -0.2) is 12.1 Å². The van der Waals surface area contributed by atoms with Crippen molar-refractivity contribution < 1.29 is 9.13 Å². The standard InChI is InChI=1S/C17H15FN2OS/c1-21-15-4-2-3-13(9-15)16-11-22-17(20-16)19-10-12-5-7-14(18)8-6-12/h2-9,11H,10H2,1H3,(H,19,20). The summed E-state index contributed by atoms with van der Waals surface area (Å²) in [6.07, 6.45) is 0. The average Bonchev–Trinajstić information content (AvgIpc) is 3.03. The zero-order chi connectivity index (χ0) is 15.4. The Labute approximate surface area is 132 Å². The molecule has 0 fully saturated rings. The Morgan fingerprint density at radius 2 is 2.00 bits per heavy atom. The molecule has 0 bridgehead atoms. The van der Waals surface area contributed by atoms with Crippen molar-refractivity contribution in [2.24, 2.45) is 0 Å². The Hall–Kier alpha value is -2.40. The quantitative estimate of drug-likeness (QED) is 0.749. The fraction of sp³-hybridized carbons (Fsp3) is 0.118. The van der Waals surface area contributed by atoms with Crippen LogP contribution in [0, 0.1) is 5.82 Å². The molecule has 0 saturated heterocycles. The largest absolute Gasteiger partial charge is 0.497 e. The minimum absolute atomic E-state index is 0.224. The molecule has 0 radical (unpaired) electrons. The van der Waals surface area contributed by atoms with Gasteiger partial charge in [0.15, 0.2) is 5.13 Å². The van der Waals surface area contributed by atoms with Crippen LogP contribution in [0.4, 0.5) is 9.52 Å². The second-order valence-corrected chi connectivity index (χ2v) is 5.61. The van der Waals surface area contributed by atoms with Crippen molar-refractivity contribution in [3.63, 3.8) is 0 Å². The van der Waals surface area contributed by atoms with Gasteiger partial charge in [0.2, 0.25) is 0 Å². The highest BCUT2D eigenvalue weighted by molar-refractivity contribution is 7.14. The van der Waals surface area contributed by atoms with Crippen molar-refractivity contribution in [1.82, 2.24) is 4.98 Å². The first-order valence-corrected chi connectivity index (χ1v) is 7.71. The van der Waals surface area contributed by atoms with E-state index in [4.69, 9.17) is 4.74 Å². The van der Waals surface area contributed by atoms with Crippen molar-refractivity contribution in [1.29, 1.82) is 0 Å². The molecular weight excluding hydrogens is 299 g/mol. The summed E-state index contributed by atoms with van der Waals surface area (Å²) in [6.45, 7) is 0.616. The molecule has 0 atom stereocenters. The predicted molar refractivity (Wildman–Crippen MR) is 87.8 cm³/mol. The van der Waals surface area contributed by atoms with Crippen LogP contribution in [0.15, 0.2) is 53.9 Å². The number of benzene rings is 2. The van der Waals surface area contributed by atoms with Crippen LogP contribution < -0.4 is 10.1 Å². The maximum absolute atomic E-state index is 12.9. The SMILES string of the molecule is COc1cccc(-c2csc(NCc3ccc(F)cc3)n2)c1. The van der Waals surface area contributed by atoms with Gasteiger partial charge in [-0.05, 0) is 29.8 Å². The molecule has 0 aliphatic rings. The maximum atomic E-state index is 12.9. The van der Waals surface area contributed by atoms with Gasteiger partial charge in [0.25, 0.3) is 0 Å². The van der Waals surface area contributed by atoms with E-state index in [1.807, 2.05) is 29.6 Å². The Morgan fingerprint density at radius 1 is 1.18 bits per heavy atom. The van der Waals surface area contributed by atoms with Gasteiger partial charge in [0.05, 0.1) is 12.8 Å². The molecule has 1 aromatic heterocycles. The lowest BCUT2D eigenvalue weighted by molar-refractivity contribution is 0.415. The van der Waals surface area contributed by atoms with Crippen molar-refractivity contribution in [2.75, 3.05) is 12.4 Å². The molecule has 1 N–H and O–H groups in total. The van der Waals surface area contributed by atoms with Crippen LogP contribution >= 0.6 is 11.3 Å². The van der Waals surface area contributed by atoms with Crippen molar-refractivity contribution in [3.05, 3.63) is 65.3 Å². The highest BCUT2D eigenvalue weighted by Crippen LogP contribution is 2.27. The summed E-state index contributed by atoms with van der Waals surface area (Å²) in [5.74, 6) is 0.588. The third kappa shape index (κ3) is 3.43. The van der Waals surface area contributed by atoms with E-state index >= 15 is 0 Å². The first-order valence-electron chi connectivity index (χ1n) is 6.83. The number of nitrogens with one attached hydrogen (secondary N) is 1. The Balaban J connectivity index is 1.69. The van der Waals surface area contributed by atoms with Crippen molar-refractivity contribution in [3.8, 4) is 17.0 Å². The second-order valence-electron chi connectivity index (χ2n) is 4.75. The predicted octanol–water partition coefficient (Wildman–Crippen LogP) is 4.57. The van der Waals surface area contributed by atoms with Crippen LogP contribution in [0.25, 0.3) is 11.3 Å². The van der Waals surface area contributed by atoms with Crippen LogP contribution in [0.3, 0.4) is 0 Å². The molecule has 1 heterocycles. The number of thiazole rings is 1. The normalized spacial score (nSPS) is 10.5. The molecule has 0 saturated carbocycles. The molecule has 112 valence electrons. The molecule has 0 aliphatic heterocycles. The summed E-state index contributed by atoms with van der Waals surface area (Å²) < 4.78 is 18.1. The number of methoxy groups -OCH3 is 1. The Bertz CT molecular complexity index is 755. The van der Waals surface area contributed by atoms with Gasteiger partial charge in [-0.1, -0.05) is 24.3 Å². The molecule has 0 aliphatic carbocycles. The summed E-state index contributed by atoms with van der Waals surface area (Å²) in [4.78, 5) is 4.57. The number of nitrogens with zero attached hydrogens (tertiary/aromatic N) is 1. The van der Waals surface area contributed by atoms with E-state index in [1.165, 1.54) is 12.1 Å². The van der Waals surface area contributed by atoms with Gasteiger partial charge in [0.1, 0.15) is 11.6 Å². The molecule has 0 amide bonds. The topological polar surface area (TPSA) is 34.1 Å². The van der Waals surface area contributed by atoms with Crippen LogP contribution in [0.2, 0.25) is 0 Å². The van der Waals surface area contributed by atoms with Gasteiger partial charge in [-0.15, -0.1) is 11.3 Å². The number of aromatic nitrogens is 1. The van der Waals surface area contributed by atoms with E-state index < -0.39 is 0 Å². The van der Waals surface area contributed by atoms with Crippen LogP contribution in [-0.2, 0) is 6.54 Å². The summed E-state index contributed by atoms with van der Waals surface area (Å²) in [5, 5.41) is 6.09. The Morgan fingerprint density at radius 3 is 2.77 bits per heavy atom. The third-order valence-corrected chi connectivity index (χ3v) is 4.03. The highest BCUT2D eigenvalue weighted by Gasteiger charge is 2.05. The number of ether oxygens (including phenoxy) is 1. The van der Waals surface area contributed by atoms with Crippen LogP contribution in [0.5, 0.6) is 5.75 Å². The van der Waals surface area contributed by atoms with E-state index in [9.17, 15) is 4.39 Å². The fourth-order valence-corrected chi connectivity index (χ4v) is 2.77. The number of hydrogen-bond acceptors (Lipinski definition) is 4. The maximum Gasteiger partial charge on any atom is 0.183 e. The van der Waals surface area contributed by atoms with E-state index in [0.717, 1.165) is 27.7 Å². The van der Waals surface area contributed by atoms with Gasteiger partial charge < -0.3 is 10.1 Å². The summed E-state index contributed by atoms with van der Waals surface area (Å²) in [7, 11) is 1.65. The third-order valence-electron chi connectivity index (χ3n) is 3.23. The van der Waals surface area contributed by atoms with E-state index in [-0.39, 0.29) is 5.82 Å². The molecular formula is C17H15FN2OS.